The van der Waals surface area contributed by atoms with Crippen LogP contribution in [0.5, 0.6) is 0 Å². The third kappa shape index (κ3) is 51.5. The Morgan fingerprint density at radius 3 is 0.992 bits per heavy atom. The zero-order valence-corrected chi connectivity index (χ0v) is 76.9. The van der Waals surface area contributed by atoms with E-state index in [0.29, 0.717) is 43.9 Å². The summed E-state index contributed by atoms with van der Waals surface area (Å²) in [5, 5.41) is 103. The van der Waals surface area contributed by atoms with Crippen LogP contribution in [0.4, 0.5) is 0 Å². The summed E-state index contributed by atoms with van der Waals surface area (Å²) in [7, 11) is -5.81. The SMILES string of the molecule is CCCCCCCCCCCCCCCCCCC(=O)OC1C(O)C(O)C(OC2OC(CO)C(O)C(O)C2O)C(OP(=O)(O)OCC(COC(=O)CCCCCCCCCCCCCCC)OC(=O)CCCCCCCCC(C)CCCCCCCC)C1OC1OC(COC(=O)CCCCCCCCC(C)CCCCCCCC)C(O)C(O)C1O. The van der Waals surface area contributed by atoms with Crippen molar-refractivity contribution in [1.29, 1.82) is 0 Å². The molecule has 0 aromatic heterocycles. The fourth-order valence-electron chi connectivity index (χ4n) is 16.7. The molecule has 20 unspecified atom stereocenters. The van der Waals surface area contributed by atoms with E-state index < -0.39 is 162 Å². The van der Waals surface area contributed by atoms with Crippen molar-refractivity contribution in [1.82, 2.24) is 0 Å². The Morgan fingerprint density at radius 2 is 0.625 bits per heavy atom. The van der Waals surface area contributed by atoms with E-state index in [9.17, 15) is 74.6 Å². The molecule has 10 N–H and O–H groups in total. The number of aliphatic hydroxyl groups is 9. The van der Waals surface area contributed by atoms with E-state index in [0.717, 1.165) is 128 Å². The molecule has 1 saturated carbocycles. The van der Waals surface area contributed by atoms with Crippen molar-refractivity contribution in [3.05, 3.63) is 0 Å². The highest BCUT2D eigenvalue weighted by atomic mass is 31.2. The van der Waals surface area contributed by atoms with Gasteiger partial charge in [-0.25, -0.2) is 4.57 Å². The van der Waals surface area contributed by atoms with Gasteiger partial charge in [-0.3, -0.25) is 28.2 Å². The number of aliphatic hydroxyl groups excluding tert-OH is 9. The van der Waals surface area contributed by atoms with E-state index in [1.165, 1.54) is 205 Å². The van der Waals surface area contributed by atoms with Crippen molar-refractivity contribution in [3.63, 3.8) is 0 Å². The van der Waals surface area contributed by atoms with Crippen molar-refractivity contribution >= 4 is 31.7 Å². The van der Waals surface area contributed by atoms with Crippen molar-refractivity contribution in [3.8, 4) is 0 Å². The van der Waals surface area contributed by atoms with Gasteiger partial charge in [0, 0.05) is 25.7 Å². The first-order valence-corrected chi connectivity index (χ1v) is 50.5. The highest BCUT2D eigenvalue weighted by Gasteiger charge is 2.60. The number of rotatable bonds is 79. The van der Waals surface area contributed by atoms with Crippen molar-refractivity contribution in [2.45, 2.75) is 537 Å². The molecule has 2 heterocycles. The van der Waals surface area contributed by atoms with Crippen LogP contribution < -0.4 is 0 Å². The topological polar surface area (TPSA) is 380 Å². The molecule has 2 aliphatic heterocycles. The van der Waals surface area contributed by atoms with E-state index in [-0.39, 0.29) is 25.7 Å². The predicted molar refractivity (Wildman–Crippen MR) is 467 cm³/mol. The lowest BCUT2D eigenvalue weighted by molar-refractivity contribution is -0.360. The molecule has 3 aliphatic rings. The largest absolute Gasteiger partial charge is 0.472 e. The van der Waals surface area contributed by atoms with Gasteiger partial charge in [-0.1, -0.05) is 382 Å². The van der Waals surface area contributed by atoms with Crippen LogP contribution in [0, 0.1) is 11.8 Å². The number of phosphoric ester groups is 1. The van der Waals surface area contributed by atoms with E-state index in [2.05, 4.69) is 41.5 Å². The molecule has 0 amide bonds. The fraction of sp³-hybridized carbons (Fsp3) is 0.957. The lowest BCUT2D eigenvalue weighted by atomic mass is 9.84. The molecule has 3 fully saturated rings. The lowest BCUT2D eigenvalue weighted by Gasteiger charge is -2.50. The molecule has 26 heteroatoms. The molecule has 20 atom stereocenters. The minimum atomic E-state index is -5.81. The number of hydrogen-bond donors (Lipinski definition) is 10. The van der Waals surface area contributed by atoms with Gasteiger partial charge in [0.15, 0.2) is 24.8 Å². The highest BCUT2D eigenvalue weighted by molar-refractivity contribution is 7.47. The number of unbranched alkanes of at least 4 members (excludes halogenated alkanes) is 47. The Morgan fingerprint density at radius 1 is 0.325 bits per heavy atom. The number of carbonyl (C=O) groups is 4. The summed E-state index contributed by atoms with van der Waals surface area (Å²) in [6.45, 7) is 10.3. The zero-order chi connectivity index (χ0) is 87.8. The summed E-state index contributed by atoms with van der Waals surface area (Å²) < 4.78 is 73.7. The molecular formula is C94H177O25P. The van der Waals surface area contributed by atoms with Gasteiger partial charge in [0.05, 0.1) is 13.2 Å². The summed E-state index contributed by atoms with van der Waals surface area (Å²) >= 11 is 0. The average Bonchev–Trinajstić information content (AvgIpc) is 0.754. The second-order valence-electron chi connectivity index (χ2n) is 35.9. The Hall–Kier alpha value is -2.53. The van der Waals surface area contributed by atoms with Crippen LogP contribution in [0.2, 0.25) is 0 Å². The molecule has 3 rings (SSSR count). The molecule has 0 bridgehead atoms. The van der Waals surface area contributed by atoms with Crippen LogP contribution in [-0.4, -0.2) is 205 Å². The van der Waals surface area contributed by atoms with E-state index in [4.69, 9.17) is 46.9 Å². The Labute approximate surface area is 725 Å². The molecule has 0 spiro atoms. The molecular weight excluding hydrogens is 1560 g/mol. The van der Waals surface area contributed by atoms with Crippen molar-refractivity contribution in [2.24, 2.45) is 11.8 Å². The smallest absolute Gasteiger partial charge is 0.463 e. The lowest BCUT2D eigenvalue weighted by Crippen LogP contribution is -2.70. The van der Waals surface area contributed by atoms with Gasteiger partial charge in [0.25, 0.3) is 0 Å². The van der Waals surface area contributed by atoms with Crippen LogP contribution in [-0.2, 0) is 70.7 Å². The maximum absolute atomic E-state index is 14.9. The van der Waals surface area contributed by atoms with E-state index in [1.54, 1.807) is 0 Å². The molecule has 0 aromatic carbocycles. The first kappa shape index (κ1) is 112. The van der Waals surface area contributed by atoms with Gasteiger partial charge in [-0.15, -0.1) is 0 Å². The summed E-state index contributed by atoms with van der Waals surface area (Å²) in [6.07, 6.45) is 26.5. The molecule has 1 aliphatic carbocycles. The summed E-state index contributed by atoms with van der Waals surface area (Å²) in [6, 6.07) is 0. The van der Waals surface area contributed by atoms with Crippen molar-refractivity contribution in [2.75, 3.05) is 26.4 Å². The maximum atomic E-state index is 14.9. The zero-order valence-electron chi connectivity index (χ0n) is 76.0. The van der Waals surface area contributed by atoms with Gasteiger partial charge in [-0.2, -0.15) is 0 Å². The molecule has 25 nitrogen and oxygen atoms in total. The van der Waals surface area contributed by atoms with Gasteiger partial charge >= 0.3 is 31.7 Å². The molecule has 0 aromatic rings. The van der Waals surface area contributed by atoms with Crippen LogP contribution in [0.3, 0.4) is 0 Å². The first-order chi connectivity index (χ1) is 58.0. The highest BCUT2D eigenvalue weighted by Crippen LogP contribution is 2.49. The minimum Gasteiger partial charge on any atom is -0.463 e. The van der Waals surface area contributed by atoms with Gasteiger partial charge in [0.1, 0.15) is 92.6 Å². The van der Waals surface area contributed by atoms with Gasteiger partial charge < -0.3 is 88.7 Å². The molecule has 2 saturated heterocycles. The quantitative estimate of drug-likeness (QED) is 0.0117. The first-order valence-electron chi connectivity index (χ1n) is 49.1. The number of hydrogen-bond acceptors (Lipinski definition) is 24. The predicted octanol–water partition coefficient (Wildman–Crippen LogP) is 18.7. The monoisotopic (exact) mass is 1740 g/mol. The van der Waals surface area contributed by atoms with Crippen LogP contribution in [0.15, 0.2) is 0 Å². The second kappa shape index (κ2) is 71.4. The van der Waals surface area contributed by atoms with E-state index >= 15 is 0 Å². The summed E-state index contributed by atoms with van der Waals surface area (Å²) in [5.41, 5.74) is 0. The number of ether oxygens (including phenoxy) is 8. The van der Waals surface area contributed by atoms with Crippen LogP contribution in [0.1, 0.15) is 433 Å². The third-order valence-corrected chi connectivity index (χ3v) is 25.6. The van der Waals surface area contributed by atoms with Gasteiger partial charge in [-0.05, 0) is 37.5 Å². The Balaban J connectivity index is 1.92. The van der Waals surface area contributed by atoms with Gasteiger partial charge in [0.2, 0.25) is 0 Å². The summed E-state index contributed by atoms with van der Waals surface area (Å²) in [5.74, 6) is -1.59. The number of esters is 4. The minimum absolute atomic E-state index is 0.0170. The third-order valence-electron chi connectivity index (χ3n) is 24.7. The molecule has 0 radical (unpaired) electrons. The van der Waals surface area contributed by atoms with Crippen LogP contribution >= 0.6 is 7.82 Å². The number of carbonyl (C=O) groups excluding carboxylic acids is 4. The normalized spacial score (nSPS) is 25.2. The standard InChI is InChI=1S/C94H177O25P/c1-7-11-15-19-23-25-27-29-30-31-33-35-37-39-50-59-67-80(99)116-89-85(104)86(105)90(117-93-87(106)83(102)81(100)75(68-95)114-93)92(91(89)118-94-88(107)84(103)82(101)76(115-94)71-111-78(97)65-57-49-42-40-46-54-62-72(5)60-52-44-21-17-13-9-3)119-120(108,109)112-70-74(69-110-77(96)64-56-48-38-36-34-32-28-26-24-20-16-12-8-2)113-79(98)66-58-51-43-41-47-55-63-73(6)61-53-45-22-18-14-10-4/h72-76,81-95,100-107H,7-71H2,1-6H3,(H,108,109). The number of phosphoric acid groups is 1. The fourth-order valence-corrected chi connectivity index (χ4v) is 17.7. The molecule has 120 heavy (non-hydrogen) atoms. The van der Waals surface area contributed by atoms with Crippen molar-refractivity contribution < 1.29 is 122 Å². The Bertz CT molecular complexity index is 2520. The molecule has 708 valence electrons. The second-order valence-corrected chi connectivity index (χ2v) is 37.3. The van der Waals surface area contributed by atoms with E-state index in [1.807, 2.05) is 0 Å². The van der Waals surface area contributed by atoms with Crippen LogP contribution in [0.25, 0.3) is 0 Å². The summed E-state index contributed by atoms with van der Waals surface area (Å²) in [4.78, 5) is 66.7. The average molecular weight is 1740 g/mol. The maximum Gasteiger partial charge on any atom is 0.472 e. The Kier molecular flexibility index (Phi) is 66.4.